The van der Waals surface area contributed by atoms with Gasteiger partial charge in [-0.05, 0) is 51.7 Å². The summed E-state index contributed by atoms with van der Waals surface area (Å²) in [7, 11) is 0. The van der Waals surface area contributed by atoms with Gasteiger partial charge in [0.1, 0.15) is 0 Å². The summed E-state index contributed by atoms with van der Waals surface area (Å²) < 4.78 is 31.2. The number of ether oxygens (including phenoxy) is 4. The van der Waals surface area contributed by atoms with E-state index in [9.17, 15) is 0 Å². The molecule has 0 amide bonds. The first-order valence-electron chi connectivity index (χ1n) is 8.14. The Kier molecular flexibility index (Phi) is 14.9. The van der Waals surface area contributed by atoms with E-state index in [2.05, 4.69) is 12.5 Å². The van der Waals surface area contributed by atoms with Gasteiger partial charge in [-0.2, -0.15) is 12.1 Å². The monoisotopic (exact) mass is 362 g/mol. The molecule has 0 saturated heterocycles. The van der Waals surface area contributed by atoms with E-state index in [1.54, 1.807) is 24.3 Å². The van der Waals surface area contributed by atoms with E-state index in [1.807, 2.05) is 27.7 Å². The first kappa shape index (κ1) is 24.2. The van der Waals surface area contributed by atoms with Gasteiger partial charge in [0, 0.05) is 26.4 Å². The second kappa shape index (κ2) is 15.4. The van der Waals surface area contributed by atoms with Gasteiger partial charge in [0.25, 0.3) is 0 Å². The van der Waals surface area contributed by atoms with Crippen LogP contribution in [-0.2, 0) is 18.9 Å². The van der Waals surface area contributed by atoms with Gasteiger partial charge in [0.15, 0.2) is 12.6 Å². The molecule has 0 radical (unpaired) electrons. The molecular weight excluding hydrogens is 336 g/mol. The van der Waals surface area contributed by atoms with Gasteiger partial charge in [-0.3, -0.25) is 0 Å². The van der Waals surface area contributed by atoms with Crippen molar-refractivity contribution in [2.75, 3.05) is 26.4 Å². The summed E-state index contributed by atoms with van der Waals surface area (Å²) in [6.07, 6.45) is 4.42. The standard InChI is InChI=1S/2C9H13O3.Mg/c2*1-3-10-9(11-4-2)8-6-5-7-12-8;/h2*5-6,9H,3-4H2,1-2H3;/q2*-1;+2. The molecule has 2 rings (SSSR count). The molecule has 0 aliphatic heterocycles. The van der Waals surface area contributed by atoms with E-state index in [0.29, 0.717) is 37.9 Å². The largest absolute Gasteiger partial charge is 2.00 e. The average Bonchev–Trinajstić information content (AvgIpc) is 3.29. The van der Waals surface area contributed by atoms with Gasteiger partial charge in [-0.25, -0.2) is 0 Å². The van der Waals surface area contributed by atoms with E-state index in [-0.39, 0.29) is 35.6 Å². The molecular formula is C18H26MgO6. The third kappa shape index (κ3) is 9.44. The van der Waals surface area contributed by atoms with E-state index in [4.69, 9.17) is 27.8 Å². The predicted octanol–water partition coefficient (Wildman–Crippen LogP) is 3.92. The molecule has 2 aromatic heterocycles. The molecule has 0 spiro atoms. The second-order valence-electron chi connectivity index (χ2n) is 4.40. The summed E-state index contributed by atoms with van der Waals surface area (Å²) >= 11 is 0. The average molecular weight is 363 g/mol. The van der Waals surface area contributed by atoms with Crippen LogP contribution in [0.5, 0.6) is 0 Å². The predicted molar refractivity (Wildman–Crippen MR) is 92.8 cm³/mol. The van der Waals surface area contributed by atoms with Crippen LogP contribution in [0.2, 0.25) is 0 Å². The topological polar surface area (TPSA) is 63.2 Å². The van der Waals surface area contributed by atoms with Crippen molar-refractivity contribution >= 4 is 23.1 Å². The minimum Gasteiger partial charge on any atom is -0.591 e. The minimum absolute atomic E-state index is 0. The van der Waals surface area contributed by atoms with Crippen LogP contribution in [0, 0.1) is 12.5 Å². The van der Waals surface area contributed by atoms with Crippen LogP contribution in [0.15, 0.2) is 33.1 Å². The van der Waals surface area contributed by atoms with Crippen molar-refractivity contribution in [2.45, 2.75) is 40.3 Å². The minimum atomic E-state index is -0.383. The SMILES string of the molecule is CCOC(OCC)c1cc[c-]o1.CCOC(OCC)c1cc[c-]o1.[Mg+2]. The van der Waals surface area contributed by atoms with E-state index < -0.39 is 0 Å². The molecule has 0 unspecified atom stereocenters. The van der Waals surface area contributed by atoms with Crippen LogP contribution in [-0.4, -0.2) is 49.5 Å². The van der Waals surface area contributed by atoms with Gasteiger partial charge in [0.2, 0.25) is 0 Å². The smallest absolute Gasteiger partial charge is 0.591 e. The number of hydrogen-bond acceptors (Lipinski definition) is 6. The fraction of sp³-hybridized carbons (Fsp3) is 0.556. The van der Waals surface area contributed by atoms with Gasteiger partial charge in [0.05, 0.1) is 0 Å². The van der Waals surface area contributed by atoms with Gasteiger partial charge >= 0.3 is 23.1 Å². The summed E-state index contributed by atoms with van der Waals surface area (Å²) in [4.78, 5) is 0. The van der Waals surface area contributed by atoms with Crippen LogP contribution in [0.3, 0.4) is 0 Å². The second-order valence-corrected chi connectivity index (χ2v) is 4.40. The van der Waals surface area contributed by atoms with Crippen molar-refractivity contribution < 1.29 is 27.8 Å². The molecule has 6 nitrogen and oxygen atoms in total. The van der Waals surface area contributed by atoms with Crippen LogP contribution < -0.4 is 0 Å². The summed E-state index contributed by atoms with van der Waals surface area (Å²) in [5.74, 6) is 1.33. The maximum atomic E-state index is 5.29. The van der Waals surface area contributed by atoms with E-state index >= 15 is 0 Å². The summed E-state index contributed by atoms with van der Waals surface area (Å²) in [5.41, 5.74) is 0. The van der Waals surface area contributed by atoms with Crippen LogP contribution in [0.4, 0.5) is 0 Å². The summed E-state index contributed by atoms with van der Waals surface area (Å²) in [5, 5.41) is 0. The zero-order valence-corrected chi connectivity index (χ0v) is 16.9. The first-order valence-corrected chi connectivity index (χ1v) is 8.14. The summed E-state index contributed by atoms with van der Waals surface area (Å²) in [6.45, 7) is 10.1. The molecule has 2 aromatic rings. The number of hydrogen-bond donors (Lipinski definition) is 0. The van der Waals surface area contributed by atoms with Gasteiger partial charge < -0.3 is 27.8 Å². The summed E-state index contributed by atoms with van der Waals surface area (Å²) in [6, 6.07) is 6.96. The molecule has 0 aliphatic rings. The Bertz CT molecular complexity index is 427. The maximum absolute atomic E-state index is 5.29. The normalized spacial score (nSPS) is 10.5. The molecule has 0 saturated carbocycles. The van der Waals surface area contributed by atoms with E-state index in [0.717, 1.165) is 0 Å². The molecule has 25 heavy (non-hydrogen) atoms. The van der Waals surface area contributed by atoms with Crippen molar-refractivity contribution in [1.82, 2.24) is 0 Å². The Hall–Kier alpha value is -0.834. The van der Waals surface area contributed by atoms with Crippen LogP contribution >= 0.6 is 0 Å². The van der Waals surface area contributed by atoms with Gasteiger partial charge in [-0.1, -0.05) is 0 Å². The van der Waals surface area contributed by atoms with Crippen molar-refractivity contribution in [3.63, 3.8) is 0 Å². The van der Waals surface area contributed by atoms with Crippen molar-refractivity contribution in [1.29, 1.82) is 0 Å². The quantitative estimate of drug-likeness (QED) is 0.362. The fourth-order valence-corrected chi connectivity index (χ4v) is 1.79. The molecule has 136 valence electrons. The number of rotatable bonds is 10. The third-order valence-electron chi connectivity index (χ3n) is 2.72. The third-order valence-corrected chi connectivity index (χ3v) is 2.72. The molecule has 7 heteroatoms. The Labute approximate surface area is 165 Å². The Morgan fingerprint density at radius 1 is 0.720 bits per heavy atom. The van der Waals surface area contributed by atoms with Crippen LogP contribution in [0.1, 0.15) is 51.8 Å². The maximum Gasteiger partial charge on any atom is 2.00 e. The number of furan rings is 2. The van der Waals surface area contributed by atoms with Crippen molar-refractivity contribution in [2.24, 2.45) is 0 Å². The molecule has 0 atom stereocenters. The van der Waals surface area contributed by atoms with Crippen molar-refractivity contribution in [3.8, 4) is 0 Å². The molecule has 0 bridgehead atoms. The zero-order valence-electron chi connectivity index (χ0n) is 15.4. The Balaban J connectivity index is 0.000000443. The van der Waals surface area contributed by atoms with Crippen molar-refractivity contribution in [3.05, 3.63) is 48.3 Å². The molecule has 2 heterocycles. The Morgan fingerprint density at radius 2 is 1.04 bits per heavy atom. The molecule has 0 aliphatic carbocycles. The molecule has 0 fully saturated rings. The Morgan fingerprint density at radius 3 is 1.24 bits per heavy atom. The van der Waals surface area contributed by atoms with E-state index in [1.165, 1.54) is 0 Å². The molecule has 0 aromatic carbocycles. The zero-order chi connectivity index (χ0) is 17.6. The fourth-order valence-electron chi connectivity index (χ4n) is 1.79. The van der Waals surface area contributed by atoms with Crippen LogP contribution in [0.25, 0.3) is 0 Å². The van der Waals surface area contributed by atoms with Gasteiger partial charge in [-0.15, -0.1) is 12.1 Å². The molecule has 0 N–H and O–H groups in total. The first-order chi connectivity index (χ1) is 11.8.